The Kier molecular flexibility index (Phi) is 3.29. The summed E-state index contributed by atoms with van der Waals surface area (Å²) in [6, 6.07) is -0.0918. The van der Waals surface area contributed by atoms with Gasteiger partial charge in [0.05, 0.1) is 0 Å². The van der Waals surface area contributed by atoms with Gasteiger partial charge in [-0.25, -0.2) is 15.8 Å². The van der Waals surface area contributed by atoms with Crippen LogP contribution >= 0.6 is 0 Å². The van der Waals surface area contributed by atoms with Crippen LogP contribution in [0.15, 0.2) is 6.33 Å². The molecule has 0 saturated heterocycles. The number of alkyl halides is 3. The molecule has 1 aliphatic rings. The van der Waals surface area contributed by atoms with E-state index < -0.39 is 12.7 Å². The highest BCUT2D eigenvalue weighted by atomic mass is 19.4. The third kappa shape index (κ3) is 2.81. The number of hydrogen-bond acceptors (Lipinski definition) is 5. The van der Waals surface area contributed by atoms with Crippen LogP contribution in [-0.2, 0) is 0 Å². The zero-order valence-corrected chi connectivity index (χ0v) is 9.83. The zero-order chi connectivity index (χ0) is 13.3. The number of hydrazine groups is 1. The van der Waals surface area contributed by atoms with E-state index in [-0.39, 0.29) is 11.9 Å². The molecular weight excluding hydrogens is 247 g/mol. The highest BCUT2D eigenvalue weighted by Crippen LogP contribution is 2.35. The summed E-state index contributed by atoms with van der Waals surface area (Å²) in [5.74, 6) is 5.89. The lowest BCUT2D eigenvalue weighted by Crippen LogP contribution is -2.37. The van der Waals surface area contributed by atoms with E-state index in [1.54, 1.807) is 6.92 Å². The van der Waals surface area contributed by atoms with E-state index in [0.29, 0.717) is 11.4 Å². The number of rotatable bonds is 4. The molecule has 8 heteroatoms. The van der Waals surface area contributed by atoms with Gasteiger partial charge in [0.15, 0.2) is 0 Å². The summed E-state index contributed by atoms with van der Waals surface area (Å²) in [5, 5.41) is 0. The van der Waals surface area contributed by atoms with E-state index in [2.05, 4.69) is 15.4 Å². The monoisotopic (exact) mass is 261 g/mol. The first-order chi connectivity index (χ1) is 8.42. The Morgan fingerprint density at radius 3 is 2.61 bits per heavy atom. The lowest BCUT2D eigenvalue weighted by molar-refractivity contribution is -0.120. The summed E-state index contributed by atoms with van der Waals surface area (Å²) in [4.78, 5) is 9.09. The van der Waals surface area contributed by atoms with Crippen LogP contribution in [0.3, 0.4) is 0 Å². The Morgan fingerprint density at radius 2 is 2.11 bits per heavy atom. The van der Waals surface area contributed by atoms with Crippen LogP contribution < -0.4 is 16.2 Å². The highest BCUT2D eigenvalue weighted by molar-refractivity contribution is 5.58. The molecule has 0 spiro atoms. The standard InChI is InChI=1S/C10H14F3N5/c1-6-8(17-14)15-5-16-9(6)18(7-2-3-7)4-10(11,12)13/h5,7H,2-4,14H2,1H3,(H,15,16,17). The Balaban J connectivity index is 2.31. The van der Waals surface area contributed by atoms with Crippen LogP contribution in [0.25, 0.3) is 0 Å². The second-order valence-corrected chi connectivity index (χ2v) is 4.29. The summed E-state index contributed by atoms with van der Waals surface area (Å²) in [5.41, 5.74) is 2.88. The van der Waals surface area contributed by atoms with Gasteiger partial charge in [-0.15, -0.1) is 0 Å². The number of aromatic nitrogens is 2. The van der Waals surface area contributed by atoms with Crippen molar-refractivity contribution in [1.29, 1.82) is 0 Å². The predicted molar refractivity (Wildman–Crippen MR) is 61.0 cm³/mol. The first-order valence-electron chi connectivity index (χ1n) is 5.54. The van der Waals surface area contributed by atoms with Crippen molar-refractivity contribution in [2.45, 2.75) is 32.0 Å². The fourth-order valence-corrected chi connectivity index (χ4v) is 1.83. The van der Waals surface area contributed by atoms with Crippen molar-refractivity contribution in [3.63, 3.8) is 0 Å². The average molecular weight is 261 g/mol. The molecule has 5 nitrogen and oxygen atoms in total. The van der Waals surface area contributed by atoms with Gasteiger partial charge in [0, 0.05) is 11.6 Å². The summed E-state index contributed by atoms with van der Waals surface area (Å²) in [7, 11) is 0. The van der Waals surface area contributed by atoms with Gasteiger partial charge in [-0.1, -0.05) is 0 Å². The van der Waals surface area contributed by atoms with Gasteiger partial charge in [0.2, 0.25) is 0 Å². The maximum atomic E-state index is 12.6. The molecule has 2 rings (SSSR count). The fraction of sp³-hybridized carbons (Fsp3) is 0.600. The molecule has 0 radical (unpaired) electrons. The minimum atomic E-state index is -4.25. The van der Waals surface area contributed by atoms with Gasteiger partial charge >= 0.3 is 6.18 Å². The molecule has 0 aliphatic heterocycles. The van der Waals surface area contributed by atoms with Gasteiger partial charge in [-0.2, -0.15) is 13.2 Å². The minimum absolute atomic E-state index is 0.0918. The van der Waals surface area contributed by atoms with Crippen LogP contribution in [0.4, 0.5) is 24.8 Å². The molecule has 1 fully saturated rings. The van der Waals surface area contributed by atoms with Gasteiger partial charge in [0.25, 0.3) is 0 Å². The van der Waals surface area contributed by atoms with Crippen molar-refractivity contribution < 1.29 is 13.2 Å². The highest BCUT2D eigenvalue weighted by Gasteiger charge is 2.39. The largest absolute Gasteiger partial charge is 0.405 e. The Morgan fingerprint density at radius 1 is 1.44 bits per heavy atom. The van der Waals surface area contributed by atoms with E-state index in [1.165, 1.54) is 11.2 Å². The van der Waals surface area contributed by atoms with Crippen molar-refractivity contribution in [2.75, 3.05) is 16.9 Å². The van der Waals surface area contributed by atoms with Crippen molar-refractivity contribution in [3.8, 4) is 0 Å². The molecule has 18 heavy (non-hydrogen) atoms. The van der Waals surface area contributed by atoms with Gasteiger partial charge < -0.3 is 10.3 Å². The van der Waals surface area contributed by atoms with Crippen LogP contribution in [0.5, 0.6) is 0 Å². The molecule has 1 aromatic rings. The predicted octanol–water partition coefficient (Wildman–Crippen LogP) is 1.60. The molecule has 0 aromatic carbocycles. The van der Waals surface area contributed by atoms with E-state index in [9.17, 15) is 13.2 Å². The summed E-state index contributed by atoms with van der Waals surface area (Å²) in [6.45, 7) is 0.649. The Hall–Kier alpha value is -1.57. The van der Waals surface area contributed by atoms with Crippen molar-refractivity contribution >= 4 is 11.6 Å². The smallest absolute Gasteiger partial charge is 0.344 e. The van der Waals surface area contributed by atoms with Gasteiger partial charge in [-0.3, -0.25) is 0 Å². The number of nitrogens with zero attached hydrogens (tertiary/aromatic N) is 3. The molecule has 100 valence electrons. The number of anilines is 2. The maximum Gasteiger partial charge on any atom is 0.405 e. The van der Waals surface area contributed by atoms with Crippen molar-refractivity contribution in [2.24, 2.45) is 5.84 Å². The second kappa shape index (κ2) is 4.60. The first kappa shape index (κ1) is 12.9. The van der Waals surface area contributed by atoms with Crippen LogP contribution in [0.2, 0.25) is 0 Å². The molecule has 0 unspecified atom stereocenters. The second-order valence-electron chi connectivity index (χ2n) is 4.29. The Labute approximate surface area is 102 Å². The first-order valence-corrected chi connectivity index (χ1v) is 5.54. The normalized spacial score (nSPS) is 15.6. The topological polar surface area (TPSA) is 67.1 Å². The maximum absolute atomic E-state index is 12.6. The third-order valence-corrected chi connectivity index (χ3v) is 2.80. The molecule has 1 aromatic heterocycles. The van der Waals surface area contributed by atoms with E-state index in [4.69, 9.17) is 5.84 Å². The molecule has 0 bridgehead atoms. The minimum Gasteiger partial charge on any atom is -0.344 e. The molecule has 0 atom stereocenters. The summed E-state index contributed by atoms with van der Waals surface area (Å²) in [6.07, 6.45) is -1.53. The summed E-state index contributed by atoms with van der Waals surface area (Å²) < 4.78 is 37.7. The number of nitrogens with one attached hydrogen (secondary N) is 1. The molecular formula is C10H14F3N5. The van der Waals surface area contributed by atoms with Crippen LogP contribution in [-0.4, -0.2) is 28.7 Å². The van der Waals surface area contributed by atoms with Crippen LogP contribution in [0.1, 0.15) is 18.4 Å². The molecule has 0 amide bonds. The molecule has 3 N–H and O–H groups in total. The quantitative estimate of drug-likeness (QED) is 0.636. The number of nitrogen functional groups attached to an aromatic ring is 1. The van der Waals surface area contributed by atoms with E-state index in [0.717, 1.165) is 12.8 Å². The zero-order valence-electron chi connectivity index (χ0n) is 9.83. The lowest BCUT2D eigenvalue weighted by Gasteiger charge is -2.26. The number of nitrogens with two attached hydrogens (primary N) is 1. The van der Waals surface area contributed by atoms with Gasteiger partial charge in [-0.05, 0) is 19.8 Å². The van der Waals surface area contributed by atoms with Crippen LogP contribution in [0, 0.1) is 6.92 Å². The average Bonchev–Trinajstić information content (AvgIpc) is 3.09. The molecule has 1 heterocycles. The SMILES string of the molecule is Cc1c(NN)ncnc1N(CC(F)(F)F)C1CC1. The van der Waals surface area contributed by atoms with E-state index >= 15 is 0 Å². The van der Waals surface area contributed by atoms with Gasteiger partial charge in [0.1, 0.15) is 24.5 Å². The molecule has 1 saturated carbocycles. The molecule has 1 aliphatic carbocycles. The lowest BCUT2D eigenvalue weighted by atomic mass is 10.2. The van der Waals surface area contributed by atoms with E-state index in [1.807, 2.05) is 0 Å². The summed E-state index contributed by atoms with van der Waals surface area (Å²) >= 11 is 0. The number of hydrogen-bond donors (Lipinski definition) is 2. The van der Waals surface area contributed by atoms with Crippen molar-refractivity contribution in [3.05, 3.63) is 11.9 Å². The Bertz CT molecular complexity index is 430. The van der Waals surface area contributed by atoms with Crippen molar-refractivity contribution in [1.82, 2.24) is 9.97 Å². The number of halogens is 3. The third-order valence-electron chi connectivity index (χ3n) is 2.80. The fourth-order valence-electron chi connectivity index (χ4n) is 1.83.